The van der Waals surface area contributed by atoms with Crippen molar-refractivity contribution in [3.05, 3.63) is 22.4 Å². The highest BCUT2D eigenvalue weighted by atomic mass is 32.1. The first-order chi connectivity index (χ1) is 9.09. The minimum atomic E-state index is -0.0915. The molecule has 19 heavy (non-hydrogen) atoms. The fourth-order valence-electron chi connectivity index (χ4n) is 2.17. The van der Waals surface area contributed by atoms with Gasteiger partial charge in [0.2, 0.25) is 5.91 Å². The third-order valence-electron chi connectivity index (χ3n) is 3.27. The van der Waals surface area contributed by atoms with E-state index in [4.69, 9.17) is 0 Å². The molecule has 0 aromatic carbocycles. The van der Waals surface area contributed by atoms with Gasteiger partial charge in [-0.1, -0.05) is 6.07 Å². The van der Waals surface area contributed by atoms with Crippen LogP contribution in [0.15, 0.2) is 17.5 Å². The van der Waals surface area contributed by atoms with Gasteiger partial charge < -0.3 is 15.1 Å². The lowest BCUT2D eigenvalue weighted by molar-refractivity contribution is -0.134. The molecule has 1 atom stereocenters. The van der Waals surface area contributed by atoms with Gasteiger partial charge in [0.25, 0.3) is 5.91 Å². The molecule has 1 aromatic rings. The van der Waals surface area contributed by atoms with Crippen LogP contribution in [0.2, 0.25) is 0 Å². The number of hydrogen-bond donors (Lipinski definition) is 1. The normalized spacial score (nSPS) is 19.3. The van der Waals surface area contributed by atoms with Crippen molar-refractivity contribution in [2.24, 2.45) is 0 Å². The summed E-state index contributed by atoms with van der Waals surface area (Å²) in [5.41, 5.74) is 0. The number of hydrogen-bond acceptors (Lipinski definition) is 4. The average Bonchev–Trinajstić information content (AvgIpc) is 2.92. The molecule has 2 amide bonds. The number of thiophene rings is 1. The Hall–Kier alpha value is -1.40. The monoisotopic (exact) mass is 281 g/mol. The maximum atomic E-state index is 12.2. The Kier molecular flexibility index (Phi) is 4.55. The SMILES string of the molecule is C[C@@H]1CNCCN1C(=O)CN(C)C(=O)c1cccs1. The van der Waals surface area contributed by atoms with Gasteiger partial charge in [-0.15, -0.1) is 11.3 Å². The summed E-state index contributed by atoms with van der Waals surface area (Å²) < 4.78 is 0. The summed E-state index contributed by atoms with van der Waals surface area (Å²) in [6, 6.07) is 3.80. The van der Waals surface area contributed by atoms with Crippen LogP contribution >= 0.6 is 11.3 Å². The van der Waals surface area contributed by atoms with E-state index >= 15 is 0 Å². The predicted molar refractivity (Wildman–Crippen MR) is 75.3 cm³/mol. The smallest absolute Gasteiger partial charge is 0.264 e. The Morgan fingerprint density at radius 3 is 3.00 bits per heavy atom. The summed E-state index contributed by atoms with van der Waals surface area (Å²) in [5, 5.41) is 5.11. The molecule has 1 aromatic heterocycles. The number of nitrogens with one attached hydrogen (secondary N) is 1. The lowest BCUT2D eigenvalue weighted by Gasteiger charge is -2.35. The van der Waals surface area contributed by atoms with E-state index in [1.807, 2.05) is 23.3 Å². The van der Waals surface area contributed by atoms with E-state index in [0.717, 1.165) is 13.1 Å². The van der Waals surface area contributed by atoms with E-state index in [0.29, 0.717) is 11.4 Å². The average molecular weight is 281 g/mol. The maximum absolute atomic E-state index is 12.2. The molecule has 0 unspecified atom stereocenters. The van der Waals surface area contributed by atoms with E-state index in [1.165, 1.54) is 16.2 Å². The predicted octanol–water partition coefficient (Wildman–Crippen LogP) is 0.640. The number of amides is 2. The fourth-order valence-corrected chi connectivity index (χ4v) is 2.88. The summed E-state index contributed by atoms with van der Waals surface area (Å²) in [7, 11) is 1.67. The summed E-state index contributed by atoms with van der Waals surface area (Å²) in [4.78, 5) is 28.3. The van der Waals surface area contributed by atoms with E-state index in [2.05, 4.69) is 5.32 Å². The van der Waals surface area contributed by atoms with E-state index in [1.54, 1.807) is 13.1 Å². The van der Waals surface area contributed by atoms with Gasteiger partial charge in [-0.25, -0.2) is 0 Å². The van der Waals surface area contributed by atoms with Crippen molar-refractivity contribution in [2.75, 3.05) is 33.2 Å². The van der Waals surface area contributed by atoms with Crippen molar-refractivity contribution in [2.45, 2.75) is 13.0 Å². The zero-order valence-electron chi connectivity index (χ0n) is 11.3. The number of nitrogens with zero attached hydrogens (tertiary/aromatic N) is 2. The van der Waals surface area contributed by atoms with E-state index in [9.17, 15) is 9.59 Å². The Bertz CT molecular complexity index is 447. The Labute approximate surface area is 117 Å². The second kappa shape index (κ2) is 6.16. The van der Waals surface area contributed by atoms with Gasteiger partial charge >= 0.3 is 0 Å². The molecule has 0 spiro atoms. The second-order valence-electron chi connectivity index (χ2n) is 4.78. The number of rotatable bonds is 3. The van der Waals surface area contributed by atoms with Crippen LogP contribution in [0.3, 0.4) is 0 Å². The van der Waals surface area contributed by atoms with Crippen molar-refractivity contribution in [1.29, 1.82) is 0 Å². The van der Waals surface area contributed by atoms with Crippen LogP contribution in [0.4, 0.5) is 0 Å². The zero-order chi connectivity index (χ0) is 13.8. The molecule has 1 saturated heterocycles. The van der Waals surface area contributed by atoms with Crippen LogP contribution in [0.1, 0.15) is 16.6 Å². The van der Waals surface area contributed by atoms with Crippen LogP contribution in [0.5, 0.6) is 0 Å². The molecule has 1 aliphatic rings. The minimum Gasteiger partial charge on any atom is -0.336 e. The molecule has 6 heteroatoms. The molecule has 1 aliphatic heterocycles. The highest BCUT2D eigenvalue weighted by Gasteiger charge is 2.25. The van der Waals surface area contributed by atoms with Crippen molar-refractivity contribution in [3.63, 3.8) is 0 Å². The highest BCUT2D eigenvalue weighted by Crippen LogP contribution is 2.11. The van der Waals surface area contributed by atoms with Gasteiger partial charge in [-0.3, -0.25) is 9.59 Å². The van der Waals surface area contributed by atoms with Gasteiger partial charge in [0.1, 0.15) is 0 Å². The Morgan fingerprint density at radius 2 is 2.37 bits per heavy atom. The molecule has 104 valence electrons. The van der Waals surface area contributed by atoms with Gasteiger partial charge in [0.05, 0.1) is 11.4 Å². The lowest BCUT2D eigenvalue weighted by Crippen LogP contribution is -2.54. The molecular formula is C13H19N3O2S. The quantitative estimate of drug-likeness (QED) is 0.884. The first kappa shape index (κ1) is 14.0. The first-order valence-corrected chi connectivity index (χ1v) is 7.26. The number of likely N-dealkylation sites (N-methyl/N-ethyl adjacent to an activating group) is 1. The minimum absolute atomic E-state index is 0.0152. The molecule has 0 radical (unpaired) electrons. The van der Waals surface area contributed by atoms with Crippen LogP contribution in [0, 0.1) is 0 Å². The van der Waals surface area contributed by atoms with E-state index in [-0.39, 0.29) is 24.4 Å². The van der Waals surface area contributed by atoms with Gasteiger partial charge in [0, 0.05) is 32.7 Å². The van der Waals surface area contributed by atoms with Gasteiger partial charge in [-0.2, -0.15) is 0 Å². The molecular weight excluding hydrogens is 262 g/mol. The van der Waals surface area contributed by atoms with E-state index < -0.39 is 0 Å². The van der Waals surface area contributed by atoms with Crippen molar-refractivity contribution < 1.29 is 9.59 Å². The third kappa shape index (κ3) is 3.33. The second-order valence-corrected chi connectivity index (χ2v) is 5.73. The molecule has 2 rings (SSSR count). The van der Waals surface area contributed by atoms with Crippen LogP contribution in [0.25, 0.3) is 0 Å². The summed E-state index contributed by atoms with van der Waals surface area (Å²) in [5.74, 6) is -0.0763. The topological polar surface area (TPSA) is 52.7 Å². The third-order valence-corrected chi connectivity index (χ3v) is 4.13. The van der Waals surface area contributed by atoms with Crippen molar-refractivity contribution in [3.8, 4) is 0 Å². The van der Waals surface area contributed by atoms with Crippen LogP contribution < -0.4 is 5.32 Å². The number of piperazine rings is 1. The van der Waals surface area contributed by atoms with Crippen molar-refractivity contribution in [1.82, 2.24) is 15.1 Å². The standard InChI is InChI=1S/C13H19N3O2S/c1-10-8-14-5-6-16(10)12(17)9-15(2)13(18)11-4-3-7-19-11/h3-4,7,10,14H,5-6,8-9H2,1-2H3/t10-/m1/s1. The summed E-state index contributed by atoms with van der Waals surface area (Å²) in [6.07, 6.45) is 0. The highest BCUT2D eigenvalue weighted by molar-refractivity contribution is 7.12. The zero-order valence-corrected chi connectivity index (χ0v) is 12.1. The summed E-state index contributed by atoms with van der Waals surface area (Å²) >= 11 is 1.40. The van der Waals surface area contributed by atoms with Crippen LogP contribution in [-0.2, 0) is 4.79 Å². The first-order valence-electron chi connectivity index (χ1n) is 6.38. The molecule has 2 heterocycles. The van der Waals surface area contributed by atoms with Crippen LogP contribution in [-0.4, -0.2) is 60.9 Å². The lowest BCUT2D eigenvalue weighted by atomic mass is 10.2. The molecule has 0 saturated carbocycles. The molecule has 1 fully saturated rings. The van der Waals surface area contributed by atoms with Crippen molar-refractivity contribution >= 4 is 23.2 Å². The number of carbonyl (C=O) groups is 2. The summed E-state index contributed by atoms with van der Waals surface area (Å²) in [6.45, 7) is 4.50. The number of carbonyl (C=O) groups excluding carboxylic acids is 2. The fraction of sp³-hybridized carbons (Fsp3) is 0.538. The molecule has 0 bridgehead atoms. The van der Waals surface area contributed by atoms with Gasteiger partial charge in [-0.05, 0) is 18.4 Å². The maximum Gasteiger partial charge on any atom is 0.264 e. The molecule has 5 nitrogen and oxygen atoms in total. The Morgan fingerprint density at radius 1 is 1.58 bits per heavy atom. The van der Waals surface area contributed by atoms with Gasteiger partial charge in [0.15, 0.2) is 0 Å². The molecule has 1 N–H and O–H groups in total. The largest absolute Gasteiger partial charge is 0.336 e. The molecule has 0 aliphatic carbocycles. The Balaban J connectivity index is 1.93.